The summed E-state index contributed by atoms with van der Waals surface area (Å²) >= 11 is 1.71. The third-order valence-electron chi connectivity index (χ3n) is 5.69. The predicted octanol–water partition coefficient (Wildman–Crippen LogP) is 3.15. The Morgan fingerprint density at radius 2 is 2.16 bits per heavy atom. The Kier molecular flexibility index (Phi) is 5.73. The molecule has 0 aliphatic carbocycles. The number of hydrogen-bond donors (Lipinski definition) is 1. The summed E-state index contributed by atoms with van der Waals surface area (Å²) in [6, 6.07) is 11.9. The highest BCUT2D eigenvalue weighted by molar-refractivity contribution is 7.09. The minimum atomic E-state index is -0.0669. The van der Waals surface area contributed by atoms with Gasteiger partial charge in [-0.15, -0.1) is 21.5 Å². The Balaban J connectivity index is 1.26. The van der Waals surface area contributed by atoms with Crippen molar-refractivity contribution < 1.29 is 4.79 Å². The average Bonchev–Trinajstić information content (AvgIpc) is 3.55. The van der Waals surface area contributed by atoms with E-state index in [1.54, 1.807) is 17.5 Å². The number of carbonyl (C=O) groups excluding carboxylic acids is 1. The molecule has 4 aromatic rings. The van der Waals surface area contributed by atoms with Crippen LogP contribution in [0.3, 0.4) is 0 Å². The summed E-state index contributed by atoms with van der Waals surface area (Å²) < 4.78 is 1.98. The fourth-order valence-corrected chi connectivity index (χ4v) is 4.82. The highest BCUT2D eigenvalue weighted by atomic mass is 32.1. The van der Waals surface area contributed by atoms with Crippen LogP contribution in [0.15, 0.2) is 60.4 Å². The number of likely N-dealkylation sites (tertiary alicyclic amines) is 1. The van der Waals surface area contributed by atoms with Crippen LogP contribution in [0, 0.1) is 0 Å². The molecule has 0 bridgehead atoms. The molecular weight excluding hydrogens is 408 g/mol. The Bertz CT molecular complexity index is 1160. The van der Waals surface area contributed by atoms with Gasteiger partial charge in [-0.05, 0) is 54.6 Å². The van der Waals surface area contributed by atoms with Crippen LogP contribution in [0.1, 0.15) is 39.0 Å². The highest BCUT2D eigenvalue weighted by Gasteiger charge is 2.28. The van der Waals surface area contributed by atoms with E-state index in [-0.39, 0.29) is 5.91 Å². The minimum Gasteiger partial charge on any atom is -0.352 e. The van der Waals surface area contributed by atoms with Gasteiger partial charge in [0, 0.05) is 49.0 Å². The maximum atomic E-state index is 12.7. The normalized spacial score (nSPS) is 16.7. The lowest BCUT2D eigenvalue weighted by Gasteiger charge is -2.15. The quantitative estimate of drug-likeness (QED) is 0.486. The van der Waals surface area contributed by atoms with Crippen LogP contribution < -0.4 is 5.32 Å². The van der Waals surface area contributed by atoms with E-state index in [0.717, 1.165) is 43.9 Å². The third kappa shape index (κ3) is 4.50. The number of thiophene rings is 1. The monoisotopic (exact) mass is 432 g/mol. The van der Waals surface area contributed by atoms with Crippen molar-refractivity contribution >= 4 is 22.9 Å². The molecule has 158 valence electrons. The number of nitrogens with one attached hydrogen (secondary N) is 1. The van der Waals surface area contributed by atoms with Crippen molar-refractivity contribution in [3.05, 3.63) is 82.2 Å². The fraction of sp³-hybridized carbons (Fsp3) is 0.304. The maximum Gasteiger partial charge on any atom is 0.252 e. The zero-order chi connectivity index (χ0) is 21.0. The number of nitrogens with zero attached hydrogens (tertiary/aromatic N) is 5. The smallest absolute Gasteiger partial charge is 0.252 e. The van der Waals surface area contributed by atoms with Gasteiger partial charge in [0.1, 0.15) is 5.82 Å². The summed E-state index contributed by atoms with van der Waals surface area (Å²) in [7, 11) is 0. The van der Waals surface area contributed by atoms with E-state index in [1.807, 2.05) is 41.1 Å². The molecule has 1 atom stereocenters. The first-order chi connectivity index (χ1) is 15.3. The largest absolute Gasteiger partial charge is 0.352 e. The van der Waals surface area contributed by atoms with Gasteiger partial charge in [0.25, 0.3) is 5.91 Å². The second-order valence-electron chi connectivity index (χ2n) is 7.87. The molecule has 0 radical (unpaired) electrons. The molecule has 1 aliphatic rings. The average molecular weight is 433 g/mol. The fourth-order valence-electron chi connectivity index (χ4n) is 4.11. The standard InChI is InChI=1S/C23H24N6OS/c30-23(25-10-7-20-4-2-12-31-20)19-5-6-21-26-27-22(29(21)16-19)18-8-11-28(15-18)14-17-3-1-9-24-13-17/h1-6,9,12-13,16,18H,7-8,10-11,14-15H2,(H,25,30)/t18-/m0/s1. The number of rotatable bonds is 7. The Hall–Kier alpha value is -3.10. The summed E-state index contributed by atoms with van der Waals surface area (Å²) in [5, 5.41) is 13.9. The molecule has 0 saturated carbocycles. The van der Waals surface area contributed by atoms with Gasteiger partial charge < -0.3 is 5.32 Å². The number of hydrogen-bond acceptors (Lipinski definition) is 6. The lowest BCUT2D eigenvalue weighted by Crippen LogP contribution is -2.25. The van der Waals surface area contributed by atoms with E-state index >= 15 is 0 Å². The molecule has 4 aromatic heterocycles. The van der Waals surface area contributed by atoms with Crippen LogP contribution in [0.5, 0.6) is 0 Å². The predicted molar refractivity (Wildman–Crippen MR) is 120 cm³/mol. The maximum absolute atomic E-state index is 12.7. The van der Waals surface area contributed by atoms with Crippen molar-refractivity contribution in [3.8, 4) is 0 Å². The molecule has 0 unspecified atom stereocenters. The molecule has 1 fully saturated rings. The number of aromatic nitrogens is 4. The van der Waals surface area contributed by atoms with Gasteiger partial charge in [-0.25, -0.2) is 0 Å². The molecule has 0 spiro atoms. The van der Waals surface area contributed by atoms with E-state index in [0.29, 0.717) is 18.0 Å². The Morgan fingerprint density at radius 3 is 3.00 bits per heavy atom. The molecule has 0 aromatic carbocycles. The van der Waals surface area contributed by atoms with E-state index < -0.39 is 0 Å². The van der Waals surface area contributed by atoms with Crippen molar-refractivity contribution in [3.63, 3.8) is 0 Å². The van der Waals surface area contributed by atoms with Crippen LogP contribution in [0.2, 0.25) is 0 Å². The van der Waals surface area contributed by atoms with Crippen LogP contribution in [-0.2, 0) is 13.0 Å². The molecule has 1 aliphatic heterocycles. The summed E-state index contributed by atoms with van der Waals surface area (Å²) in [5.74, 6) is 1.16. The van der Waals surface area contributed by atoms with Crippen molar-refractivity contribution in [2.45, 2.75) is 25.3 Å². The number of fused-ring (bicyclic) bond motifs is 1. The van der Waals surface area contributed by atoms with E-state index in [9.17, 15) is 4.79 Å². The summed E-state index contributed by atoms with van der Waals surface area (Å²) in [6.45, 7) is 3.45. The first-order valence-corrected chi connectivity index (χ1v) is 11.4. The topological polar surface area (TPSA) is 75.4 Å². The summed E-state index contributed by atoms with van der Waals surface area (Å²) in [4.78, 5) is 20.6. The molecule has 5 heterocycles. The number of pyridine rings is 2. The van der Waals surface area contributed by atoms with Gasteiger partial charge in [0.2, 0.25) is 0 Å². The van der Waals surface area contributed by atoms with Crippen LogP contribution >= 0.6 is 11.3 Å². The van der Waals surface area contributed by atoms with Gasteiger partial charge in [-0.1, -0.05) is 12.1 Å². The SMILES string of the molecule is O=C(NCCc1cccs1)c1ccc2nnc([C@H]3CCN(Cc4cccnc4)C3)n2c1. The van der Waals surface area contributed by atoms with Gasteiger partial charge in [-0.3, -0.25) is 19.1 Å². The van der Waals surface area contributed by atoms with Crippen molar-refractivity contribution in [1.82, 2.24) is 29.8 Å². The van der Waals surface area contributed by atoms with Gasteiger partial charge in [0.05, 0.1) is 5.56 Å². The molecule has 7 nitrogen and oxygen atoms in total. The van der Waals surface area contributed by atoms with Gasteiger partial charge in [-0.2, -0.15) is 0 Å². The van der Waals surface area contributed by atoms with E-state index in [4.69, 9.17) is 0 Å². The molecule has 31 heavy (non-hydrogen) atoms. The number of amides is 1. The van der Waals surface area contributed by atoms with Crippen LogP contribution in [0.25, 0.3) is 5.65 Å². The zero-order valence-corrected chi connectivity index (χ0v) is 18.0. The molecule has 1 N–H and O–H groups in total. The number of carbonyl (C=O) groups is 1. The molecule has 1 amide bonds. The van der Waals surface area contributed by atoms with Crippen molar-refractivity contribution in [2.24, 2.45) is 0 Å². The highest BCUT2D eigenvalue weighted by Crippen LogP contribution is 2.27. The van der Waals surface area contributed by atoms with Crippen molar-refractivity contribution in [1.29, 1.82) is 0 Å². The van der Waals surface area contributed by atoms with E-state index in [1.165, 1.54) is 10.4 Å². The van der Waals surface area contributed by atoms with Gasteiger partial charge >= 0.3 is 0 Å². The Labute approximate surface area is 184 Å². The zero-order valence-electron chi connectivity index (χ0n) is 17.1. The lowest BCUT2D eigenvalue weighted by molar-refractivity contribution is 0.0953. The summed E-state index contributed by atoms with van der Waals surface area (Å²) in [5.41, 5.74) is 2.62. The molecule has 1 saturated heterocycles. The molecule has 5 rings (SSSR count). The van der Waals surface area contributed by atoms with Crippen molar-refractivity contribution in [2.75, 3.05) is 19.6 Å². The van der Waals surface area contributed by atoms with E-state index in [2.05, 4.69) is 42.9 Å². The molecular formula is C23H24N6OS. The van der Waals surface area contributed by atoms with Gasteiger partial charge in [0.15, 0.2) is 5.65 Å². The summed E-state index contributed by atoms with van der Waals surface area (Å²) in [6.07, 6.45) is 7.46. The lowest BCUT2D eigenvalue weighted by atomic mass is 10.1. The second-order valence-corrected chi connectivity index (χ2v) is 8.90. The molecule has 8 heteroatoms. The van der Waals surface area contributed by atoms with Crippen LogP contribution in [-0.4, -0.2) is 50.0 Å². The minimum absolute atomic E-state index is 0.0669. The Morgan fingerprint density at radius 1 is 1.19 bits per heavy atom. The third-order valence-corrected chi connectivity index (χ3v) is 6.63. The first-order valence-electron chi connectivity index (χ1n) is 10.5. The first kappa shape index (κ1) is 19.8. The second kappa shape index (κ2) is 8.95. The van der Waals surface area contributed by atoms with Crippen LogP contribution in [0.4, 0.5) is 0 Å².